The van der Waals surface area contributed by atoms with E-state index in [1.165, 1.54) is 5.56 Å². The lowest BCUT2D eigenvalue weighted by atomic mass is 9.96. The zero-order valence-corrected chi connectivity index (χ0v) is 12.2. The first-order valence-electron chi connectivity index (χ1n) is 6.49. The molecule has 1 aromatic heterocycles. The number of aryl methyl sites for hydroxylation is 4. The summed E-state index contributed by atoms with van der Waals surface area (Å²) in [4.78, 5) is 16.7. The molecule has 0 unspecified atom stereocenters. The molecule has 3 nitrogen and oxygen atoms in total. The predicted molar refractivity (Wildman–Crippen MR) is 76.7 cm³/mol. The summed E-state index contributed by atoms with van der Waals surface area (Å²) in [6.45, 7) is 10.4. The van der Waals surface area contributed by atoms with Gasteiger partial charge in [-0.25, -0.2) is 4.98 Å². The molecule has 0 amide bonds. The smallest absolute Gasteiger partial charge is 0.183 e. The molecule has 0 bridgehead atoms. The van der Waals surface area contributed by atoms with E-state index in [4.69, 9.17) is 0 Å². The Hall–Kier alpha value is -1.90. The van der Waals surface area contributed by atoms with Crippen LogP contribution in [0.5, 0.6) is 0 Å². The highest BCUT2D eigenvalue weighted by Crippen LogP contribution is 2.18. The molecule has 0 atom stereocenters. The summed E-state index contributed by atoms with van der Waals surface area (Å²) in [5, 5.41) is 0. The second-order valence-electron chi connectivity index (χ2n) is 5.24. The number of carbonyl (C=O) groups excluding carboxylic acids is 1. The number of carbonyl (C=O) groups is 1. The molecule has 3 heteroatoms. The number of benzene rings is 1. The second-order valence-corrected chi connectivity index (χ2v) is 5.24. The first kappa shape index (κ1) is 13.5. The normalized spacial score (nSPS) is 10.8. The maximum Gasteiger partial charge on any atom is 0.183 e. The molecule has 2 aromatic rings. The molecule has 1 aromatic carbocycles. The van der Waals surface area contributed by atoms with Crippen molar-refractivity contribution in [2.24, 2.45) is 0 Å². The fourth-order valence-electron chi connectivity index (χ4n) is 2.56. The van der Waals surface area contributed by atoms with Gasteiger partial charge in [-0.15, -0.1) is 0 Å². The largest absolute Gasteiger partial charge is 0.327 e. The number of hydrogen-bond donors (Lipinski definition) is 0. The first-order chi connectivity index (χ1) is 8.90. The van der Waals surface area contributed by atoms with Gasteiger partial charge in [0.2, 0.25) is 0 Å². The van der Waals surface area contributed by atoms with E-state index in [2.05, 4.69) is 24.0 Å². The van der Waals surface area contributed by atoms with Crippen molar-refractivity contribution in [3.63, 3.8) is 0 Å². The van der Waals surface area contributed by atoms with Crippen LogP contribution in [-0.4, -0.2) is 15.3 Å². The first-order valence-corrected chi connectivity index (χ1v) is 6.49. The molecule has 0 spiro atoms. The Labute approximate surface area is 114 Å². The van der Waals surface area contributed by atoms with Gasteiger partial charge in [0.25, 0.3) is 0 Å². The van der Waals surface area contributed by atoms with Crippen LogP contribution in [0.3, 0.4) is 0 Å². The minimum atomic E-state index is 0.149. The van der Waals surface area contributed by atoms with Crippen molar-refractivity contribution in [1.82, 2.24) is 9.55 Å². The Bertz CT molecular complexity index is 615. The second kappa shape index (κ2) is 5.00. The molecule has 0 fully saturated rings. The molecule has 100 valence electrons. The Morgan fingerprint density at radius 3 is 2.16 bits per heavy atom. The predicted octanol–water partition coefficient (Wildman–Crippen LogP) is 3.31. The maximum atomic E-state index is 12.5. The van der Waals surface area contributed by atoms with Gasteiger partial charge in [0.1, 0.15) is 0 Å². The molecule has 0 N–H and O–H groups in total. The van der Waals surface area contributed by atoms with E-state index in [0.29, 0.717) is 6.54 Å². The monoisotopic (exact) mass is 256 g/mol. The number of imidazole rings is 1. The van der Waals surface area contributed by atoms with Gasteiger partial charge >= 0.3 is 0 Å². The minimum Gasteiger partial charge on any atom is -0.327 e. The minimum absolute atomic E-state index is 0.149. The Kier molecular flexibility index (Phi) is 3.56. The summed E-state index contributed by atoms with van der Waals surface area (Å²) in [5.74, 6) is 0.149. The number of hydrogen-bond acceptors (Lipinski definition) is 2. The third-order valence-corrected chi connectivity index (χ3v) is 3.62. The van der Waals surface area contributed by atoms with Crippen LogP contribution in [0.2, 0.25) is 0 Å². The number of rotatable bonds is 3. The summed E-state index contributed by atoms with van der Waals surface area (Å²) in [5.41, 5.74) is 6.17. The standard InChI is InChI=1S/C16H20N2O/c1-10-6-11(2)16(12(3)7-10)15(19)8-18-9-17-13(4)14(18)5/h6-7,9H,8H2,1-5H3. The lowest BCUT2D eigenvalue weighted by molar-refractivity contribution is 0.0970. The zero-order valence-electron chi connectivity index (χ0n) is 12.2. The lowest BCUT2D eigenvalue weighted by Crippen LogP contribution is -2.14. The van der Waals surface area contributed by atoms with Crippen LogP contribution in [0.25, 0.3) is 0 Å². The zero-order chi connectivity index (χ0) is 14.2. The molecule has 0 saturated heterocycles. The topological polar surface area (TPSA) is 34.9 Å². The molecule has 0 aliphatic carbocycles. The molecule has 1 heterocycles. The highest BCUT2D eigenvalue weighted by molar-refractivity contribution is 5.98. The molecule has 0 aliphatic heterocycles. The number of Topliss-reactive ketones (excluding diaryl/α,β-unsaturated/α-hetero) is 1. The van der Waals surface area contributed by atoms with Gasteiger partial charge < -0.3 is 4.57 Å². The van der Waals surface area contributed by atoms with Crippen molar-refractivity contribution >= 4 is 5.78 Å². The van der Waals surface area contributed by atoms with E-state index >= 15 is 0 Å². The van der Waals surface area contributed by atoms with E-state index in [0.717, 1.165) is 28.1 Å². The Morgan fingerprint density at radius 1 is 1.11 bits per heavy atom. The molecule has 0 saturated carbocycles. The van der Waals surface area contributed by atoms with Gasteiger partial charge in [-0.3, -0.25) is 4.79 Å². The number of nitrogens with zero attached hydrogens (tertiary/aromatic N) is 2. The van der Waals surface area contributed by atoms with Crippen LogP contribution in [-0.2, 0) is 6.54 Å². The van der Waals surface area contributed by atoms with Crippen LogP contribution in [0.4, 0.5) is 0 Å². The van der Waals surface area contributed by atoms with Gasteiger partial charge in [0.15, 0.2) is 5.78 Å². The fourth-order valence-corrected chi connectivity index (χ4v) is 2.56. The Morgan fingerprint density at radius 2 is 1.68 bits per heavy atom. The van der Waals surface area contributed by atoms with Crippen molar-refractivity contribution in [3.05, 3.63) is 52.1 Å². The SMILES string of the molecule is Cc1cc(C)c(C(=O)Cn2cnc(C)c2C)c(C)c1. The van der Waals surface area contributed by atoms with Crippen LogP contribution < -0.4 is 0 Å². The lowest BCUT2D eigenvalue weighted by Gasteiger charge is -2.11. The number of aromatic nitrogens is 2. The Balaban J connectivity index is 2.33. The molecule has 2 rings (SSSR count). The molecule has 19 heavy (non-hydrogen) atoms. The van der Waals surface area contributed by atoms with E-state index in [1.54, 1.807) is 6.33 Å². The van der Waals surface area contributed by atoms with Gasteiger partial charge in [-0.2, -0.15) is 0 Å². The van der Waals surface area contributed by atoms with Crippen LogP contribution >= 0.6 is 0 Å². The summed E-state index contributed by atoms with van der Waals surface area (Å²) in [6.07, 6.45) is 1.74. The summed E-state index contributed by atoms with van der Waals surface area (Å²) >= 11 is 0. The van der Waals surface area contributed by atoms with Crippen LogP contribution in [0, 0.1) is 34.6 Å². The summed E-state index contributed by atoms with van der Waals surface area (Å²) in [7, 11) is 0. The molecular formula is C16H20N2O. The van der Waals surface area contributed by atoms with Crippen molar-refractivity contribution in [3.8, 4) is 0 Å². The average molecular weight is 256 g/mol. The average Bonchev–Trinajstić information content (AvgIpc) is 2.59. The van der Waals surface area contributed by atoms with Gasteiger partial charge in [-0.05, 0) is 45.7 Å². The van der Waals surface area contributed by atoms with Crippen molar-refractivity contribution in [2.75, 3.05) is 0 Å². The third kappa shape index (κ3) is 2.60. The summed E-state index contributed by atoms with van der Waals surface area (Å²) < 4.78 is 1.91. The fraction of sp³-hybridized carbons (Fsp3) is 0.375. The maximum absolute atomic E-state index is 12.5. The number of ketones is 1. The molecule has 0 radical (unpaired) electrons. The van der Waals surface area contributed by atoms with Gasteiger partial charge in [-0.1, -0.05) is 17.7 Å². The van der Waals surface area contributed by atoms with Crippen molar-refractivity contribution in [1.29, 1.82) is 0 Å². The van der Waals surface area contributed by atoms with E-state index in [9.17, 15) is 4.79 Å². The highest BCUT2D eigenvalue weighted by atomic mass is 16.1. The third-order valence-electron chi connectivity index (χ3n) is 3.62. The quantitative estimate of drug-likeness (QED) is 0.790. The van der Waals surface area contributed by atoms with Crippen LogP contribution in [0.1, 0.15) is 38.4 Å². The van der Waals surface area contributed by atoms with Crippen molar-refractivity contribution in [2.45, 2.75) is 41.2 Å². The van der Waals surface area contributed by atoms with Crippen molar-refractivity contribution < 1.29 is 4.79 Å². The van der Waals surface area contributed by atoms with Crippen LogP contribution in [0.15, 0.2) is 18.5 Å². The molecule has 0 aliphatic rings. The van der Waals surface area contributed by atoms with E-state index < -0.39 is 0 Å². The van der Waals surface area contributed by atoms with E-state index in [1.807, 2.05) is 32.3 Å². The van der Waals surface area contributed by atoms with Gasteiger partial charge in [0.05, 0.1) is 18.6 Å². The summed E-state index contributed by atoms with van der Waals surface area (Å²) in [6, 6.07) is 4.12. The van der Waals surface area contributed by atoms with E-state index in [-0.39, 0.29) is 5.78 Å². The molecular weight excluding hydrogens is 236 g/mol. The highest BCUT2D eigenvalue weighted by Gasteiger charge is 2.14. The van der Waals surface area contributed by atoms with Gasteiger partial charge in [0, 0.05) is 11.3 Å².